The smallest absolute Gasteiger partial charge is 0.274 e. The number of allylic oxidation sites excluding steroid dienone is 1. The monoisotopic (exact) mass is 268 g/mol. The van der Waals surface area contributed by atoms with Crippen molar-refractivity contribution in [2.75, 3.05) is 0 Å². The number of hydrazone groups is 1. The van der Waals surface area contributed by atoms with Crippen LogP contribution < -0.4 is 5.43 Å². The summed E-state index contributed by atoms with van der Waals surface area (Å²) >= 11 is 0. The van der Waals surface area contributed by atoms with Crippen molar-refractivity contribution in [3.8, 4) is 0 Å². The van der Waals surface area contributed by atoms with E-state index in [9.17, 15) is 4.79 Å². The lowest BCUT2D eigenvalue weighted by molar-refractivity contribution is 0.0953. The van der Waals surface area contributed by atoms with Crippen molar-refractivity contribution >= 4 is 17.7 Å². The van der Waals surface area contributed by atoms with Gasteiger partial charge in [0.05, 0.1) is 17.5 Å². The van der Waals surface area contributed by atoms with Crippen LogP contribution in [0.15, 0.2) is 58.3 Å². The Morgan fingerprint density at radius 2 is 2.00 bits per heavy atom. The van der Waals surface area contributed by atoms with Gasteiger partial charge in [-0.3, -0.25) is 4.79 Å². The van der Waals surface area contributed by atoms with E-state index in [0.29, 0.717) is 17.0 Å². The number of benzene rings is 1. The van der Waals surface area contributed by atoms with E-state index in [0.717, 1.165) is 5.56 Å². The van der Waals surface area contributed by atoms with Gasteiger partial charge in [0, 0.05) is 0 Å². The SMILES string of the molecule is CC(C=Cc1ccccc1)=NNC(=O)c1ccoc1C. The second-order valence-electron chi connectivity index (χ2n) is 4.33. The fourth-order valence-electron chi connectivity index (χ4n) is 1.64. The molecule has 0 aliphatic rings. The number of nitrogens with one attached hydrogen (secondary N) is 1. The zero-order valence-electron chi connectivity index (χ0n) is 11.5. The van der Waals surface area contributed by atoms with Crippen LogP contribution in [0.4, 0.5) is 0 Å². The van der Waals surface area contributed by atoms with Gasteiger partial charge >= 0.3 is 0 Å². The molecule has 0 saturated carbocycles. The number of nitrogens with zero attached hydrogens (tertiary/aromatic N) is 1. The fourth-order valence-corrected chi connectivity index (χ4v) is 1.64. The van der Waals surface area contributed by atoms with Gasteiger partial charge < -0.3 is 4.42 Å². The highest BCUT2D eigenvalue weighted by molar-refractivity contribution is 5.99. The molecule has 1 aromatic heterocycles. The minimum absolute atomic E-state index is 0.274. The summed E-state index contributed by atoms with van der Waals surface area (Å²) in [5, 5.41) is 4.02. The van der Waals surface area contributed by atoms with Gasteiger partial charge in [-0.2, -0.15) is 5.10 Å². The fraction of sp³-hybridized carbons (Fsp3) is 0.125. The molecule has 0 spiro atoms. The van der Waals surface area contributed by atoms with E-state index in [1.165, 1.54) is 6.26 Å². The molecule has 0 bridgehead atoms. The summed E-state index contributed by atoms with van der Waals surface area (Å²) < 4.78 is 5.07. The molecule has 1 aromatic carbocycles. The lowest BCUT2D eigenvalue weighted by Crippen LogP contribution is -2.18. The van der Waals surface area contributed by atoms with Crippen LogP contribution in [0.2, 0.25) is 0 Å². The van der Waals surface area contributed by atoms with E-state index in [4.69, 9.17) is 4.42 Å². The minimum atomic E-state index is -0.274. The third-order valence-corrected chi connectivity index (χ3v) is 2.75. The Bertz CT molecular complexity index is 640. The van der Waals surface area contributed by atoms with E-state index in [2.05, 4.69) is 10.5 Å². The number of amides is 1. The Balaban J connectivity index is 1.96. The second-order valence-corrected chi connectivity index (χ2v) is 4.33. The van der Waals surface area contributed by atoms with Gasteiger partial charge in [-0.25, -0.2) is 5.43 Å². The van der Waals surface area contributed by atoms with Crippen molar-refractivity contribution in [2.24, 2.45) is 5.10 Å². The average Bonchev–Trinajstić information content (AvgIpc) is 2.90. The number of carbonyl (C=O) groups is 1. The van der Waals surface area contributed by atoms with Crippen LogP contribution in [0.3, 0.4) is 0 Å². The van der Waals surface area contributed by atoms with E-state index in [-0.39, 0.29) is 5.91 Å². The van der Waals surface area contributed by atoms with E-state index in [1.54, 1.807) is 13.0 Å². The molecule has 102 valence electrons. The predicted octanol–water partition coefficient (Wildman–Crippen LogP) is 3.41. The van der Waals surface area contributed by atoms with Crippen LogP contribution in [0.25, 0.3) is 6.08 Å². The zero-order chi connectivity index (χ0) is 14.4. The standard InChI is InChI=1S/C16H16N2O2/c1-12(8-9-14-6-4-3-5-7-14)17-18-16(19)15-10-11-20-13(15)2/h3-11H,1-2H3,(H,18,19). The van der Waals surface area contributed by atoms with Crippen LogP contribution >= 0.6 is 0 Å². The van der Waals surface area contributed by atoms with Crippen molar-refractivity contribution in [1.82, 2.24) is 5.43 Å². The first-order valence-corrected chi connectivity index (χ1v) is 6.28. The van der Waals surface area contributed by atoms with Gasteiger partial charge in [-0.15, -0.1) is 0 Å². The highest BCUT2D eigenvalue weighted by atomic mass is 16.3. The molecule has 0 atom stereocenters. The maximum absolute atomic E-state index is 11.8. The summed E-state index contributed by atoms with van der Waals surface area (Å²) in [6.45, 7) is 3.56. The maximum atomic E-state index is 11.8. The van der Waals surface area contributed by atoms with Crippen molar-refractivity contribution in [1.29, 1.82) is 0 Å². The molecule has 0 fully saturated rings. The first kappa shape index (κ1) is 13.8. The molecule has 1 heterocycles. The van der Waals surface area contributed by atoms with Gasteiger partial charge in [0.15, 0.2) is 0 Å². The van der Waals surface area contributed by atoms with E-state index in [1.807, 2.05) is 49.4 Å². The minimum Gasteiger partial charge on any atom is -0.469 e. The zero-order valence-corrected chi connectivity index (χ0v) is 11.5. The number of hydrogen-bond donors (Lipinski definition) is 1. The first-order valence-electron chi connectivity index (χ1n) is 6.28. The summed E-state index contributed by atoms with van der Waals surface area (Å²) in [6.07, 6.45) is 5.27. The Hall–Kier alpha value is -2.62. The molecule has 0 aliphatic carbocycles. The Kier molecular flexibility index (Phi) is 4.50. The second kappa shape index (κ2) is 6.52. The number of hydrogen-bond acceptors (Lipinski definition) is 3. The number of carbonyl (C=O) groups excluding carboxylic acids is 1. The molecular weight excluding hydrogens is 252 g/mol. The summed E-state index contributed by atoms with van der Waals surface area (Å²) in [7, 11) is 0. The average molecular weight is 268 g/mol. The van der Waals surface area contributed by atoms with Crippen LogP contribution in [-0.4, -0.2) is 11.6 Å². The molecule has 2 rings (SSSR count). The summed E-state index contributed by atoms with van der Waals surface area (Å²) in [6, 6.07) is 11.5. The van der Waals surface area contributed by atoms with E-state index >= 15 is 0 Å². The molecule has 20 heavy (non-hydrogen) atoms. The molecule has 1 amide bonds. The van der Waals surface area contributed by atoms with Crippen LogP contribution in [-0.2, 0) is 0 Å². The first-order chi connectivity index (χ1) is 9.66. The topological polar surface area (TPSA) is 54.6 Å². The van der Waals surface area contributed by atoms with Crippen molar-refractivity contribution < 1.29 is 9.21 Å². The van der Waals surface area contributed by atoms with Gasteiger partial charge in [-0.1, -0.05) is 36.4 Å². The Morgan fingerprint density at radius 3 is 2.65 bits per heavy atom. The molecule has 2 aromatic rings. The highest BCUT2D eigenvalue weighted by Gasteiger charge is 2.09. The Labute approximate surface area is 117 Å². The summed E-state index contributed by atoms with van der Waals surface area (Å²) in [5.74, 6) is 0.305. The number of aryl methyl sites for hydroxylation is 1. The van der Waals surface area contributed by atoms with Crippen LogP contribution in [0.5, 0.6) is 0 Å². The van der Waals surface area contributed by atoms with Crippen molar-refractivity contribution in [2.45, 2.75) is 13.8 Å². The summed E-state index contributed by atoms with van der Waals surface area (Å²) in [5.41, 5.74) is 4.79. The quantitative estimate of drug-likeness (QED) is 0.682. The van der Waals surface area contributed by atoms with Crippen LogP contribution in [0.1, 0.15) is 28.6 Å². The third kappa shape index (κ3) is 3.68. The lowest BCUT2D eigenvalue weighted by atomic mass is 10.2. The number of furan rings is 1. The van der Waals surface area contributed by atoms with Crippen molar-refractivity contribution in [3.05, 3.63) is 65.6 Å². The van der Waals surface area contributed by atoms with Crippen molar-refractivity contribution in [3.63, 3.8) is 0 Å². The molecule has 0 aliphatic heterocycles. The molecule has 0 saturated heterocycles. The van der Waals surface area contributed by atoms with Crippen LogP contribution in [0, 0.1) is 6.92 Å². The van der Waals surface area contributed by atoms with Gasteiger partial charge in [-0.05, 0) is 31.6 Å². The van der Waals surface area contributed by atoms with Gasteiger partial charge in [0.2, 0.25) is 0 Å². The van der Waals surface area contributed by atoms with Gasteiger partial charge in [0.1, 0.15) is 5.76 Å². The molecule has 4 heteroatoms. The Morgan fingerprint density at radius 1 is 1.25 bits per heavy atom. The summed E-state index contributed by atoms with van der Waals surface area (Å²) in [4.78, 5) is 11.8. The molecule has 0 radical (unpaired) electrons. The number of rotatable bonds is 4. The maximum Gasteiger partial charge on any atom is 0.274 e. The molecule has 1 N–H and O–H groups in total. The molecule has 0 unspecified atom stereocenters. The lowest BCUT2D eigenvalue weighted by Gasteiger charge is -1.98. The van der Waals surface area contributed by atoms with E-state index < -0.39 is 0 Å². The highest BCUT2D eigenvalue weighted by Crippen LogP contribution is 2.08. The predicted molar refractivity (Wildman–Crippen MR) is 79.5 cm³/mol. The largest absolute Gasteiger partial charge is 0.469 e. The third-order valence-electron chi connectivity index (χ3n) is 2.75. The molecular formula is C16H16N2O2. The van der Waals surface area contributed by atoms with Gasteiger partial charge in [0.25, 0.3) is 5.91 Å². The normalized spacial score (nSPS) is 11.8. The molecule has 4 nitrogen and oxygen atoms in total.